The molecule has 0 aromatic heterocycles. The fourth-order valence-corrected chi connectivity index (χ4v) is 10.1. The summed E-state index contributed by atoms with van der Waals surface area (Å²) >= 11 is 0. The Labute approximate surface area is 443 Å². The van der Waals surface area contributed by atoms with Gasteiger partial charge >= 0.3 is 17.9 Å². The van der Waals surface area contributed by atoms with Crippen molar-refractivity contribution in [2.75, 3.05) is 19.7 Å². The van der Waals surface area contributed by atoms with E-state index in [9.17, 15) is 14.4 Å². The molecule has 0 radical (unpaired) electrons. The van der Waals surface area contributed by atoms with Crippen LogP contribution in [0.3, 0.4) is 0 Å². The summed E-state index contributed by atoms with van der Waals surface area (Å²) < 4.78 is 61.6. The molecular formula is C63H61NO12. The number of nitrogens with zero attached hydrogens (tertiary/aromatic N) is 1. The lowest BCUT2D eigenvalue weighted by atomic mass is 9.91. The summed E-state index contributed by atoms with van der Waals surface area (Å²) in [7, 11) is 0. The molecule has 13 nitrogen and oxygen atoms in total. The van der Waals surface area contributed by atoms with Gasteiger partial charge in [0.15, 0.2) is 12.4 Å². The Bertz CT molecular complexity index is 2890. The van der Waals surface area contributed by atoms with Crippen LogP contribution in [0.25, 0.3) is 0 Å². The largest absolute Gasteiger partial charge is 0.457 e. The van der Waals surface area contributed by atoms with Crippen molar-refractivity contribution in [3.05, 3.63) is 251 Å². The molecule has 0 saturated carbocycles. The Morgan fingerprint density at radius 2 is 0.816 bits per heavy atom. The predicted molar refractivity (Wildman–Crippen MR) is 282 cm³/mol. The van der Waals surface area contributed by atoms with Crippen LogP contribution in [0.2, 0.25) is 0 Å². The lowest BCUT2D eigenvalue weighted by Crippen LogP contribution is -2.68. The number of hydrogen-bond acceptors (Lipinski definition) is 13. The number of benzene rings is 7. The van der Waals surface area contributed by atoms with Gasteiger partial charge in [-0.1, -0.05) is 176 Å². The zero-order valence-corrected chi connectivity index (χ0v) is 42.0. The third-order valence-corrected chi connectivity index (χ3v) is 13.9. The molecular weight excluding hydrogens is 963 g/mol. The van der Waals surface area contributed by atoms with E-state index in [2.05, 4.69) is 0 Å². The van der Waals surface area contributed by atoms with Gasteiger partial charge in [0.25, 0.3) is 0 Å². The lowest BCUT2D eigenvalue weighted by molar-refractivity contribution is -0.349. The van der Waals surface area contributed by atoms with Crippen LogP contribution >= 0.6 is 0 Å². The van der Waals surface area contributed by atoms with Gasteiger partial charge in [-0.3, -0.25) is 4.90 Å². The average molecular weight is 1020 g/mol. The number of esters is 3. The van der Waals surface area contributed by atoms with Crippen molar-refractivity contribution in [1.82, 2.24) is 4.90 Å². The Morgan fingerprint density at radius 3 is 1.29 bits per heavy atom. The van der Waals surface area contributed by atoms with Crippen molar-refractivity contribution in [2.24, 2.45) is 0 Å². The second-order valence-electron chi connectivity index (χ2n) is 19.1. The van der Waals surface area contributed by atoms with Crippen LogP contribution in [0.1, 0.15) is 59.7 Å². The van der Waals surface area contributed by atoms with Crippen molar-refractivity contribution in [2.45, 2.75) is 94.0 Å². The highest BCUT2D eigenvalue weighted by atomic mass is 16.7. The molecule has 0 N–H and O–H groups in total. The zero-order valence-electron chi connectivity index (χ0n) is 42.0. The molecule has 10 atom stereocenters. The number of piperidine rings is 1. The predicted octanol–water partition coefficient (Wildman–Crippen LogP) is 9.83. The SMILES string of the molecule is O=C(O[C@H]1[C@H](O[C@H]2O[C@H](COCc3ccccc3)[C@@H](OCc3ccccc3)[C@H](OCc3ccccc3)[C@H]2OCc2ccccc2)[C@@H](OC(=O)c2ccccc2)CN2CC[C@H](OC(=O)c3ccccc3)[C@H]12)c1ccccc1. The van der Waals surface area contributed by atoms with Crippen LogP contribution in [0, 0.1) is 0 Å². The van der Waals surface area contributed by atoms with Crippen LogP contribution in [0.15, 0.2) is 212 Å². The quantitative estimate of drug-likeness (QED) is 0.0499. The van der Waals surface area contributed by atoms with Gasteiger partial charge in [0.1, 0.15) is 42.7 Å². The molecule has 3 aliphatic heterocycles. The molecule has 7 aromatic rings. The fourth-order valence-electron chi connectivity index (χ4n) is 10.1. The molecule has 3 aliphatic rings. The Balaban J connectivity index is 1.07. The highest BCUT2D eigenvalue weighted by molar-refractivity contribution is 5.90. The van der Waals surface area contributed by atoms with Gasteiger partial charge in [0.05, 0.1) is 55.8 Å². The Morgan fingerprint density at radius 1 is 0.421 bits per heavy atom. The minimum Gasteiger partial charge on any atom is -0.457 e. The van der Waals surface area contributed by atoms with Gasteiger partial charge in [0, 0.05) is 13.1 Å². The Hall–Kier alpha value is -7.33. The van der Waals surface area contributed by atoms with E-state index in [-0.39, 0.29) is 45.1 Å². The van der Waals surface area contributed by atoms with Gasteiger partial charge in [0.2, 0.25) is 0 Å². The number of rotatable bonds is 21. The maximum Gasteiger partial charge on any atom is 0.338 e. The number of carbonyl (C=O) groups is 3. The first-order valence-electron chi connectivity index (χ1n) is 25.8. The maximum absolute atomic E-state index is 14.5. The van der Waals surface area contributed by atoms with Crippen LogP contribution < -0.4 is 0 Å². The molecule has 0 spiro atoms. The first-order chi connectivity index (χ1) is 37.4. The van der Waals surface area contributed by atoms with Gasteiger partial charge < -0.3 is 42.6 Å². The molecule has 3 saturated heterocycles. The van der Waals surface area contributed by atoms with E-state index < -0.39 is 79.1 Å². The molecule has 7 aromatic carbocycles. The zero-order chi connectivity index (χ0) is 51.9. The second kappa shape index (κ2) is 25.9. The molecule has 390 valence electrons. The van der Waals surface area contributed by atoms with Gasteiger partial charge in [-0.05, 0) is 65.1 Å². The molecule has 13 heteroatoms. The van der Waals surface area contributed by atoms with Gasteiger partial charge in [-0.25, -0.2) is 14.4 Å². The first kappa shape index (κ1) is 52.1. The van der Waals surface area contributed by atoms with Crippen molar-refractivity contribution in [3.8, 4) is 0 Å². The summed E-state index contributed by atoms with van der Waals surface area (Å²) in [5, 5.41) is 0. The minimum absolute atomic E-state index is 0.0439. The number of hydrogen-bond donors (Lipinski definition) is 0. The number of fused-ring (bicyclic) bond motifs is 1. The third kappa shape index (κ3) is 13.4. The first-order valence-corrected chi connectivity index (χ1v) is 25.8. The Kier molecular flexibility index (Phi) is 17.8. The molecule has 0 unspecified atom stereocenters. The molecule has 0 aliphatic carbocycles. The highest BCUT2D eigenvalue weighted by Crippen LogP contribution is 2.39. The maximum atomic E-state index is 14.5. The summed E-state index contributed by atoms with van der Waals surface area (Å²) in [6, 6.07) is 64.6. The van der Waals surface area contributed by atoms with Crippen molar-refractivity contribution in [3.63, 3.8) is 0 Å². The van der Waals surface area contributed by atoms with Crippen LogP contribution in [-0.2, 0) is 69.1 Å². The fraction of sp³-hybridized carbons (Fsp3) is 0.286. The normalized spacial score (nSPS) is 24.2. The summed E-state index contributed by atoms with van der Waals surface area (Å²) in [6.07, 6.45) is -8.73. The lowest BCUT2D eigenvalue weighted by Gasteiger charge is -2.50. The second-order valence-corrected chi connectivity index (χ2v) is 19.1. The summed E-state index contributed by atoms with van der Waals surface area (Å²) in [4.78, 5) is 44.8. The molecule has 0 bridgehead atoms. The van der Waals surface area contributed by atoms with E-state index in [1.54, 1.807) is 72.8 Å². The van der Waals surface area contributed by atoms with Crippen molar-refractivity contribution < 1.29 is 57.0 Å². The summed E-state index contributed by atoms with van der Waals surface area (Å²) in [5.74, 6) is -1.79. The van der Waals surface area contributed by atoms with E-state index in [1.165, 1.54) is 0 Å². The molecule has 3 heterocycles. The van der Waals surface area contributed by atoms with E-state index in [4.69, 9.17) is 42.6 Å². The van der Waals surface area contributed by atoms with Crippen LogP contribution in [0.5, 0.6) is 0 Å². The summed E-state index contributed by atoms with van der Waals surface area (Å²) in [6.45, 7) is 1.40. The molecule has 10 rings (SSSR count). The van der Waals surface area contributed by atoms with E-state index in [0.717, 1.165) is 22.3 Å². The van der Waals surface area contributed by atoms with E-state index >= 15 is 0 Å². The van der Waals surface area contributed by atoms with Crippen molar-refractivity contribution in [1.29, 1.82) is 0 Å². The highest BCUT2D eigenvalue weighted by Gasteiger charge is 2.58. The van der Waals surface area contributed by atoms with Gasteiger partial charge in [-0.15, -0.1) is 0 Å². The van der Waals surface area contributed by atoms with Crippen LogP contribution in [0.4, 0.5) is 0 Å². The molecule has 76 heavy (non-hydrogen) atoms. The smallest absolute Gasteiger partial charge is 0.338 e. The monoisotopic (exact) mass is 1020 g/mol. The van der Waals surface area contributed by atoms with E-state index in [0.29, 0.717) is 24.1 Å². The number of ether oxygens (including phenoxy) is 9. The summed E-state index contributed by atoms with van der Waals surface area (Å²) in [5.41, 5.74) is 4.67. The third-order valence-electron chi connectivity index (χ3n) is 13.9. The van der Waals surface area contributed by atoms with E-state index in [1.807, 2.05) is 144 Å². The van der Waals surface area contributed by atoms with Crippen molar-refractivity contribution >= 4 is 17.9 Å². The van der Waals surface area contributed by atoms with Gasteiger partial charge in [-0.2, -0.15) is 0 Å². The molecule has 3 fully saturated rings. The standard InChI is InChI=1S/C63H61NO12/c65-60(48-30-16-5-17-31-48)72-51-36-37-64-38-52(73-61(66)49-32-18-6-19-33-49)56(57(54(51)64)75-62(67)50-34-20-7-21-35-50)76-63-59(71-42-47-28-14-4-15-29-47)58(70-41-46-26-12-3-13-27-46)55(69-40-45-24-10-2-11-25-45)53(74-63)43-68-39-44-22-8-1-9-23-44/h1-35,51-59,63H,36-43H2/t51-,52-,53+,54+,55+,56+,57+,58-,59+,63+/m0/s1. The number of carbonyl (C=O) groups excluding carboxylic acids is 3. The molecule has 0 amide bonds. The average Bonchev–Trinajstić information content (AvgIpc) is 3.94. The minimum atomic E-state index is -1.30. The topological polar surface area (TPSA) is 138 Å². The van der Waals surface area contributed by atoms with Crippen LogP contribution in [-0.4, -0.2) is 104 Å².